The number of aromatic nitrogens is 1. The molecule has 0 unspecified atom stereocenters. The SMILES string of the molecule is CC(C)[C@@H]1NC(=O)[C@@H](C)N(C(=O)c2csc(Cc3ccccc3)n2)CCCNC(=O)[C@H](Cc2ccccc2)NC(=O)CN(C)C1=O. The van der Waals surface area contributed by atoms with Gasteiger partial charge in [0.05, 0.1) is 11.6 Å². The summed E-state index contributed by atoms with van der Waals surface area (Å²) in [6.45, 7) is 5.27. The monoisotopic (exact) mass is 646 g/mol. The van der Waals surface area contributed by atoms with Crippen molar-refractivity contribution < 1.29 is 24.0 Å². The van der Waals surface area contributed by atoms with Crippen molar-refractivity contribution in [3.8, 4) is 0 Å². The number of hydrogen-bond acceptors (Lipinski definition) is 7. The minimum Gasteiger partial charge on any atom is -0.354 e. The Balaban J connectivity index is 1.58. The van der Waals surface area contributed by atoms with Gasteiger partial charge in [0.1, 0.15) is 23.8 Å². The van der Waals surface area contributed by atoms with Crippen molar-refractivity contribution in [3.05, 3.63) is 87.9 Å². The molecule has 3 atom stereocenters. The molecule has 5 amide bonds. The quantitative estimate of drug-likeness (QED) is 0.376. The molecular weight excluding hydrogens is 604 g/mol. The highest BCUT2D eigenvalue weighted by atomic mass is 32.1. The number of amides is 5. The van der Waals surface area contributed by atoms with Crippen LogP contribution in [0.15, 0.2) is 66.0 Å². The Morgan fingerprint density at radius 1 is 0.957 bits per heavy atom. The van der Waals surface area contributed by atoms with Gasteiger partial charge in [-0.3, -0.25) is 24.0 Å². The molecule has 1 aliphatic heterocycles. The van der Waals surface area contributed by atoms with Gasteiger partial charge in [-0.15, -0.1) is 11.3 Å². The predicted molar refractivity (Wildman–Crippen MR) is 176 cm³/mol. The zero-order valence-electron chi connectivity index (χ0n) is 26.7. The molecule has 0 saturated carbocycles. The topological polar surface area (TPSA) is 141 Å². The summed E-state index contributed by atoms with van der Waals surface area (Å²) in [5, 5.41) is 10.9. The smallest absolute Gasteiger partial charge is 0.274 e. The molecule has 1 aliphatic rings. The molecule has 46 heavy (non-hydrogen) atoms. The molecule has 1 aromatic heterocycles. The fourth-order valence-corrected chi connectivity index (χ4v) is 6.02. The minimum absolute atomic E-state index is 0.148. The number of thiazole rings is 1. The van der Waals surface area contributed by atoms with Crippen LogP contribution < -0.4 is 16.0 Å². The van der Waals surface area contributed by atoms with E-state index in [2.05, 4.69) is 20.9 Å². The van der Waals surface area contributed by atoms with E-state index >= 15 is 0 Å². The number of likely N-dealkylation sites (N-methyl/N-ethyl adjacent to an activating group) is 1. The Bertz CT molecular complexity index is 1510. The third kappa shape index (κ3) is 9.23. The molecule has 2 aromatic carbocycles. The second kappa shape index (κ2) is 16.1. The second-order valence-corrected chi connectivity index (χ2v) is 12.8. The van der Waals surface area contributed by atoms with Crippen LogP contribution in [-0.4, -0.2) is 89.1 Å². The Hall–Kier alpha value is -4.58. The van der Waals surface area contributed by atoms with Crippen LogP contribution in [0.25, 0.3) is 0 Å². The Morgan fingerprint density at radius 3 is 2.26 bits per heavy atom. The van der Waals surface area contributed by atoms with E-state index in [0.717, 1.165) is 16.1 Å². The molecule has 4 rings (SSSR count). The fraction of sp³-hybridized carbons (Fsp3) is 0.412. The lowest BCUT2D eigenvalue weighted by Crippen LogP contribution is -2.57. The van der Waals surface area contributed by atoms with Crippen molar-refractivity contribution in [2.45, 2.75) is 58.2 Å². The zero-order valence-corrected chi connectivity index (χ0v) is 27.5. The number of carbonyl (C=O) groups is 5. The largest absolute Gasteiger partial charge is 0.354 e. The number of hydrogen-bond donors (Lipinski definition) is 3. The van der Waals surface area contributed by atoms with Gasteiger partial charge in [0.15, 0.2) is 0 Å². The van der Waals surface area contributed by atoms with E-state index in [0.29, 0.717) is 12.8 Å². The van der Waals surface area contributed by atoms with Crippen molar-refractivity contribution in [2.24, 2.45) is 5.92 Å². The van der Waals surface area contributed by atoms with Crippen LogP contribution in [0.2, 0.25) is 0 Å². The Morgan fingerprint density at radius 2 is 1.61 bits per heavy atom. The molecule has 3 N–H and O–H groups in total. The molecule has 244 valence electrons. The molecule has 3 aromatic rings. The normalized spacial score (nSPS) is 20.7. The maximum absolute atomic E-state index is 13.8. The predicted octanol–water partition coefficient (Wildman–Crippen LogP) is 2.41. The lowest BCUT2D eigenvalue weighted by molar-refractivity contribution is -0.140. The van der Waals surface area contributed by atoms with Gasteiger partial charge >= 0.3 is 0 Å². The molecule has 12 heteroatoms. The molecule has 0 aliphatic carbocycles. The highest BCUT2D eigenvalue weighted by Crippen LogP contribution is 2.18. The average Bonchev–Trinajstić information content (AvgIpc) is 3.51. The van der Waals surface area contributed by atoms with Crippen molar-refractivity contribution in [1.29, 1.82) is 0 Å². The summed E-state index contributed by atoms with van der Waals surface area (Å²) in [7, 11) is 1.48. The molecule has 0 bridgehead atoms. The molecule has 11 nitrogen and oxygen atoms in total. The lowest BCUT2D eigenvalue weighted by Gasteiger charge is -2.32. The van der Waals surface area contributed by atoms with Crippen LogP contribution in [0.1, 0.15) is 53.8 Å². The summed E-state index contributed by atoms with van der Waals surface area (Å²) in [6, 6.07) is 16.4. The van der Waals surface area contributed by atoms with Crippen molar-refractivity contribution >= 4 is 40.9 Å². The van der Waals surface area contributed by atoms with E-state index in [9.17, 15) is 24.0 Å². The minimum atomic E-state index is -0.941. The van der Waals surface area contributed by atoms with Gasteiger partial charge in [0.2, 0.25) is 23.6 Å². The summed E-state index contributed by atoms with van der Waals surface area (Å²) >= 11 is 1.38. The van der Waals surface area contributed by atoms with E-state index in [1.54, 1.807) is 26.2 Å². The first-order chi connectivity index (χ1) is 22.0. The summed E-state index contributed by atoms with van der Waals surface area (Å²) < 4.78 is 0. The van der Waals surface area contributed by atoms with Crippen molar-refractivity contribution in [1.82, 2.24) is 30.7 Å². The maximum Gasteiger partial charge on any atom is 0.274 e. The Kier molecular flexibility index (Phi) is 12.0. The molecule has 2 heterocycles. The van der Waals surface area contributed by atoms with E-state index in [4.69, 9.17) is 0 Å². The number of rotatable bonds is 6. The van der Waals surface area contributed by atoms with Gasteiger partial charge in [-0.2, -0.15) is 0 Å². The van der Waals surface area contributed by atoms with E-state index < -0.39 is 41.8 Å². The highest BCUT2D eigenvalue weighted by Gasteiger charge is 2.34. The number of carbonyl (C=O) groups excluding carboxylic acids is 5. The summed E-state index contributed by atoms with van der Waals surface area (Å²) in [5.74, 6) is -2.54. The summed E-state index contributed by atoms with van der Waals surface area (Å²) in [4.78, 5) is 74.4. The molecule has 1 saturated heterocycles. The third-order valence-corrected chi connectivity index (χ3v) is 8.72. The first-order valence-electron chi connectivity index (χ1n) is 15.5. The molecule has 0 spiro atoms. The van der Waals surface area contributed by atoms with Crippen LogP contribution >= 0.6 is 11.3 Å². The van der Waals surface area contributed by atoms with Gasteiger partial charge in [-0.1, -0.05) is 74.5 Å². The van der Waals surface area contributed by atoms with Gasteiger partial charge in [-0.05, 0) is 30.4 Å². The average molecular weight is 647 g/mol. The van der Waals surface area contributed by atoms with E-state index in [1.165, 1.54) is 28.2 Å². The van der Waals surface area contributed by atoms with Gasteiger partial charge in [-0.25, -0.2) is 4.98 Å². The van der Waals surface area contributed by atoms with Crippen LogP contribution in [-0.2, 0) is 32.0 Å². The standard InChI is InChI=1S/C34H42N6O5S/c1-22(2)30-34(45)39(4)20-28(41)36-26(18-24-12-7-5-8-13-24)32(43)35-16-11-17-40(23(3)31(42)38-30)33(44)27-21-46-29(37-27)19-25-14-9-6-10-15-25/h5-10,12-15,21-23,26,30H,11,16-20H2,1-4H3,(H,35,43)(H,36,41)(H,38,42)/t23-,26+,30+/m1/s1. The van der Waals surface area contributed by atoms with Gasteiger partial charge < -0.3 is 25.8 Å². The van der Waals surface area contributed by atoms with Crippen LogP contribution in [0.4, 0.5) is 0 Å². The van der Waals surface area contributed by atoms with E-state index in [-0.39, 0.29) is 43.6 Å². The molecular formula is C34H42N6O5S. The summed E-state index contributed by atoms with van der Waals surface area (Å²) in [6.07, 6.45) is 1.18. The van der Waals surface area contributed by atoms with E-state index in [1.807, 2.05) is 60.7 Å². The van der Waals surface area contributed by atoms with Crippen LogP contribution in [0.3, 0.4) is 0 Å². The Labute approximate surface area is 273 Å². The zero-order chi connectivity index (χ0) is 33.2. The number of nitrogens with zero attached hydrogens (tertiary/aromatic N) is 3. The first kappa shape index (κ1) is 34.3. The van der Waals surface area contributed by atoms with Gasteiger partial charge in [0.25, 0.3) is 5.91 Å². The highest BCUT2D eigenvalue weighted by molar-refractivity contribution is 7.09. The summed E-state index contributed by atoms with van der Waals surface area (Å²) in [5.41, 5.74) is 2.17. The fourth-order valence-electron chi connectivity index (χ4n) is 5.22. The van der Waals surface area contributed by atoms with Crippen LogP contribution in [0, 0.1) is 5.92 Å². The number of nitrogens with one attached hydrogen (secondary N) is 3. The van der Waals surface area contributed by atoms with Crippen molar-refractivity contribution in [2.75, 3.05) is 26.7 Å². The molecule has 1 fully saturated rings. The third-order valence-electron chi connectivity index (χ3n) is 7.87. The second-order valence-electron chi connectivity index (χ2n) is 11.8. The van der Waals surface area contributed by atoms with Crippen LogP contribution in [0.5, 0.6) is 0 Å². The maximum atomic E-state index is 13.8. The number of benzene rings is 2. The van der Waals surface area contributed by atoms with Crippen molar-refractivity contribution in [3.63, 3.8) is 0 Å². The van der Waals surface area contributed by atoms with Gasteiger partial charge in [0, 0.05) is 38.4 Å². The first-order valence-corrected chi connectivity index (χ1v) is 16.4. The molecule has 0 radical (unpaired) electrons. The lowest BCUT2D eigenvalue weighted by atomic mass is 10.0.